The highest BCUT2D eigenvalue weighted by Crippen LogP contribution is 2.22. The molecule has 0 heterocycles. The third-order valence-electron chi connectivity index (χ3n) is 3.31. The van der Waals surface area contributed by atoms with Crippen LogP contribution in [0, 0.1) is 5.82 Å². The zero-order chi connectivity index (χ0) is 17.4. The number of carbonyl (C=O) groups excluding carboxylic acids is 1. The van der Waals surface area contributed by atoms with E-state index >= 15 is 0 Å². The molecule has 0 saturated carbocycles. The van der Waals surface area contributed by atoms with Crippen molar-refractivity contribution in [2.75, 3.05) is 11.9 Å². The van der Waals surface area contributed by atoms with Gasteiger partial charge in [0.2, 0.25) is 0 Å². The van der Waals surface area contributed by atoms with Crippen molar-refractivity contribution in [1.82, 2.24) is 0 Å². The van der Waals surface area contributed by atoms with Gasteiger partial charge in [0.15, 0.2) is 5.78 Å². The lowest BCUT2D eigenvalue weighted by atomic mass is 10.1. The number of benzene rings is 2. The molecule has 2 rings (SSSR count). The van der Waals surface area contributed by atoms with Gasteiger partial charge in [0.05, 0.1) is 17.3 Å². The molecular weight excluding hydrogens is 329 g/mol. The molecule has 0 unspecified atom stereocenters. The maximum atomic E-state index is 13.0. The maximum Gasteiger partial charge on any atom is 0.187 e. The quantitative estimate of drug-likeness (QED) is 0.391. The minimum atomic E-state index is -0.410. The lowest BCUT2D eigenvalue weighted by molar-refractivity contribution is 0.104. The SMILES string of the molecule is CCCCOc1ccc(C(=O)/C=C/Nc2ccc(F)cc2Cl)cc1. The van der Waals surface area contributed by atoms with E-state index in [2.05, 4.69) is 12.2 Å². The van der Waals surface area contributed by atoms with E-state index < -0.39 is 5.82 Å². The standard InChI is InChI=1S/C19H19ClFNO2/c1-2-3-12-24-16-7-4-14(5-8-16)19(23)10-11-22-18-9-6-15(21)13-17(18)20/h4-11,13,22H,2-3,12H2,1H3/b11-10+. The second-order valence-corrected chi connectivity index (χ2v) is 5.60. The van der Waals surface area contributed by atoms with E-state index in [4.69, 9.17) is 16.3 Å². The first-order valence-electron chi connectivity index (χ1n) is 7.75. The van der Waals surface area contributed by atoms with Gasteiger partial charge in [-0.2, -0.15) is 0 Å². The Labute approximate surface area is 146 Å². The summed E-state index contributed by atoms with van der Waals surface area (Å²) in [6.07, 6.45) is 4.95. The third kappa shape index (κ3) is 5.39. The highest BCUT2D eigenvalue weighted by molar-refractivity contribution is 6.33. The molecular formula is C19H19ClFNO2. The molecule has 0 amide bonds. The summed E-state index contributed by atoms with van der Waals surface area (Å²) < 4.78 is 18.5. The summed E-state index contributed by atoms with van der Waals surface area (Å²) in [7, 11) is 0. The summed E-state index contributed by atoms with van der Waals surface area (Å²) in [4.78, 5) is 12.1. The predicted molar refractivity (Wildman–Crippen MR) is 95.3 cm³/mol. The van der Waals surface area contributed by atoms with E-state index in [1.54, 1.807) is 24.3 Å². The van der Waals surface area contributed by atoms with Crippen LogP contribution in [-0.2, 0) is 0 Å². The number of ketones is 1. The molecule has 0 spiro atoms. The van der Waals surface area contributed by atoms with Crippen LogP contribution in [-0.4, -0.2) is 12.4 Å². The molecule has 0 aliphatic carbocycles. The normalized spacial score (nSPS) is 10.8. The van der Waals surface area contributed by atoms with Crippen molar-refractivity contribution in [1.29, 1.82) is 0 Å². The van der Waals surface area contributed by atoms with Gasteiger partial charge >= 0.3 is 0 Å². The highest BCUT2D eigenvalue weighted by Gasteiger charge is 2.03. The van der Waals surface area contributed by atoms with Gasteiger partial charge in [-0.05, 0) is 48.9 Å². The Hall–Kier alpha value is -2.33. The van der Waals surface area contributed by atoms with E-state index in [9.17, 15) is 9.18 Å². The summed E-state index contributed by atoms with van der Waals surface area (Å²) in [5.41, 5.74) is 1.09. The van der Waals surface area contributed by atoms with E-state index in [1.807, 2.05) is 0 Å². The van der Waals surface area contributed by atoms with Crippen LogP contribution in [0.1, 0.15) is 30.1 Å². The Morgan fingerprint density at radius 1 is 1.25 bits per heavy atom. The molecule has 1 N–H and O–H groups in total. The molecule has 0 aliphatic rings. The number of halogens is 2. The van der Waals surface area contributed by atoms with Gasteiger partial charge < -0.3 is 10.1 Å². The molecule has 5 heteroatoms. The first-order chi connectivity index (χ1) is 11.6. The molecule has 0 atom stereocenters. The minimum Gasteiger partial charge on any atom is -0.494 e. The average Bonchev–Trinajstić information content (AvgIpc) is 2.57. The van der Waals surface area contributed by atoms with Gasteiger partial charge in [0, 0.05) is 17.8 Å². The number of hydrogen-bond donors (Lipinski definition) is 1. The van der Waals surface area contributed by atoms with E-state index in [1.165, 1.54) is 30.5 Å². The van der Waals surface area contributed by atoms with Crippen molar-refractivity contribution in [3.05, 3.63) is 71.1 Å². The second kappa shape index (κ2) is 9.08. The summed E-state index contributed by atoms with van der Waals surface area (Å²) in [6.45, 7) is 2.77. The molecule has 0 radical (unpaired) electrons. The topological polar surface area (TPSA) is 38.3 Å². The van der Waals surface area contributed by atoms with Crippen LogP contribution in [0.2, 0.25) is 5.02 Å². The largest absolute Gasteiger partial charge is 0.494 e. The number of allylic oxidation sites excluding steroid dienone is 1. The van der Waals surface area contributed by atoms with E-state index in [-0.39, 0.29) is 10.8 Å². The van der Waals surface area contributed by atoms with Crippen LogP contribution in [0.3, 0.4) is 0 Å². The molecule has 0 bridgehead atoms. The van der Waals surface area contributed by atoms with E-state index in [0.29, 0.717) is 17.9 Å². The summed E-state index contributed by atoms with van der Waals surface area (Å²) in [5, 5.41) is 3.11. The summed E-state index contributed by atoms with van der Waals surface area (Å²) >= 11 is 5.90. The number of ether oxygens (including phenoxy) is 1. The molecule has 126 valence electrons. The number of hydrogen-bond acceptors (Lipinski definition) is 3. The van der Waals surface area contributed by atoms with E-state index in [0.717, 1.165) is 18.6 Å². The maximum absolute atomic E-state index is 13.0. The summed E-state index contributed by atoms with van der Waals surface area (Å²) in [6, 6.07) is 11.0. The predicted octanol–water partition coefficient (Wildman–Crippen LogP) is 5.47. The van der Waals surface area contributed by atoms with Gasteiger partial charge in [-0.1, -0.05) is 24.9 Å². The van der Waals surface area contributed by atoms with Crippen molar-refractivity contribution < 1.29 is 13.9 Å². The Bertz CT molecular complexity index is 714. The van der Waals surface area contributed by atoms with Crippen molar-refractivity contribution in [3.8, 4) is 5.75 Å². The molecule has 0 fully saturated rings. The Morgan fingerprint density at radius 2 is 2.00 bits per heavy atom. The average molecular weight is 348 g/mol. The van der Waals surface area contributed by atoms with Crippen LogP contribution >= 0.6 is 11.6 Å². The van der Waals surface area contributed by atoms with Crippen LogP contribution in [0.5, 0.6) is 5.75 Å². The smallest absolute Gasteiger partial charge is 0.187 e. The molecule has 0 aliphatic heterocycles. The number of carbonyl (C=O) groups is 1. The van der Waals surface area contributed by atoms with Gasteiger partial charge in [0.1, 0.15) is 11.6 Å². The van der Waals surface area contributed by atoms with Gasteiger partial charge in [0.25, 0.3) is 0 Å². The Kier molecular flexibility index (Phi) is 6.82. The van der Waals surface area contributed by atoms with Gasteiger partial charge in [-0.15, -0.1) is 0 Å². The Morgan fingerprint density at radius 3 is 2.67 bits per heavy atom. The number of rotatable bonds is 8. The molecule has 3 nitrogen and oxygen atoms in total. The number of nitrogens with one attached hydrogen (secondary N) is 1. The van der Waals surface area contributed by atoms with Crippen LogP contribution in [0.4, 0.5) is 10.1 Å². The number of unbranched alkanes of at least 4 members (excludes halogenated alkanes) is 1. The first kappa shape index (κ1) is 18.0. The highest BCUT2D eigenvalue weighted by atomic mass is 35.5. The molecule has 2 aromatic rings. The molecule has 0 aromatic heterocycles. The van der Waals surface area contributed by atoms with Crippen molar-refractivity contribution in [2.45, 2.75) is 19.8 Å². The minimum absolute atomic E-state index is 0.152. The fraction of sp³-hybridized carbons (Fsp3) is 0.211. The Balaban J connectivity index is 1.91. The zero-order valence-corrected chi connectivity index (χ0v) is 14.1. The fourth-order valence-electron chi connectivity index (χ4n) is 1.96. The zero-order valence-electron chi connectivity index (χ0n) is 13.4. The van der Waals surface area contributed by atoms with Crippen LogP contribution in [0.15, 0.2) is 54.7 Å². The van der Waals surface area contributed by atoms with Gasteiger partial charge in [-0.3, -0.25) is 4.79 Å². The van der Waals surface area contributed by atoms with Crippen LogP contribution in [0.25, 0.3) is 0 Å². The third-order valence-corrected chi connectivity index (χ3v) is 3.62. The molecule has 0 saturated heterocycles. The fourth-order valence-corrected chi connectivity index (χ4v) is 2.18. The van der Waals surface area contributed by atoms with Crippen molar-refractivity contribution >= 4 is 23.1 Å². The van der Waals surface area contributed by atoms with Crippen LogP contribution < -0.4 is 10.1 Å². The lowest BCUT2D eigenvalue weighted by Gasteiger charge is -2.05. The molecule has 24 heavy (non-hydrogen) atoms. The van der Waals surface area contributed by atoms with Crippen molar-refractivity contribution in [3.63, 3.8) is 0 Å². The first-order valence-corrected chi connectivity index (χ1v) is 8.13. The molecule has 2 aromatic carbocycles. The second-order valence-electron chi connectivity index (χ2n) is 5.19. The monoisotopic (exact) mass is 347 g/mol. The summed E-state index contributed by atoms with van der Waals surface area (Å²) in [5.74, 6) is 0.188. The van der Waals surface area contributed by atoms with Gasteiger partial charge in [-0.25, -0.2) is 4.39 Å². The number of anilines is 1. The lowest BCUT2D eigenvalue weighted by Crippen LogP contribution is -1.99. The van der Waals surface area contributed by atoms with Crippen molar-refractivity contribution in [2.24, 2.45) is 0 Å².